The Hall–Kier alpha value is -0.910. The van der Waals surface area contributed by atoms with Crippen LogP contribution in [0.15, 0.2) is 39.3 Å². The first-order chi connectivity index (χ1) is 9.04. The molecule has 3 aromatic rings. The normalized spacial score (nSPS) is 11.2. The van der Waals surface area contributed by atoms with E-state index < -0.39 is 0 Å². The number of hydrogen-bond donors (Lipinski definition) is 1. The van der Waals surface area contributed by atoms with Crippen molar-refractivity contribution in [2.24, 2.45) is 0 Å². The van der Waals surface area contributed by atoms with Gasteiger partial charge < -0.3 is 4.98 Å². The quantitative estimate of drug-likeness (QED) is 0.566. The third kappa shape index (κ3) is 2.42. The third-order valence-electron chi connectivity index (χ3n) is 2.72. The van der Waals surface area contributed by atoms with E-state index in [1.54, 1.807) is 12.1 Å². The molecule has 0 aliphatic carbocycles. The average molecular weight is 404 g/mol. The largest absolute Gasteiger partial charge is 0.338 e. The Morgan fingerprint density at radius 3 is 2.63 bits per heavy atom. The molecule has 2 aromatic carbocycles. The van der Waals surface area contributed by atoms with Gasteiger partial charge in [0.05, 0.1) is 20.5 Å². The van der Waals surface area contributed by atoms with E-state index in [0.29, 0.717) is 26.4 Å². The maximum absolute atomic E-state index is 13.5. The van der Waals surface area contributed by atoms with Crippen LogP contribution in [0.25, 0.3) is 22.4 Å². The lowest BCUT2D eigenvalue weighted by atomic mass is 10.2. The van der Waals surface area contributed by atoms with Crippen LogP contribution in [-0.4, -0.2) is 9.97 Å². The molecular weight excluding hydrogens is 398 g/mol. The smallest absolute Gasteiger partial charge is 0.139 e. The Balaban J connectivity index is 2.17. The summed E-state index contributed by atoms with van der Waals surface area (Å²) in [6, 6.07) is 8.57. The second-order valence-corrected chi connectivity index (χ2v) is 6.11. The van der Waals surface area contributed by atoms with Crippen LogP contribution in [-0.2, 0) is 0 Å². The molecule has 0 aliphatic rings. The third-order valence-corrected chi connectivity index (χ3v) is 4.54. The number of hydrogen-bond acceptors (Lipinski definition) is 1. The van der Waals surface area contributed by atoms with Gasteiger partial charge in [0.25, 0.3) is 0 Å². The molecule has 0 spiro atoms. The molecule has 0 amide bonds. The zero-order chi connectivity index (χ0) is 13.6. The van der Waals surface area contributed by atoms with Crippen molar-refractivity contribution in [1.82, 2.24) is 9.97 Å². The van der Waals surface area contributed by atoms with Gasteiger partial charge in [0, 0.05) is 16.1 Å². The Bertz CT molecular complexity index is 747. The van der Waals surface area contributed by atoms with Crippen molar-refractivity contribution in [2.45, 2.75) is 0 Å². The lowest BCUT2D eigenvalue weighted by Gasteiger charge is -1.99. The average Bonchev–Trinajstić information content (AvgIpc) is 2.76. The Labute approximate surface area is 130 Å². The summed E-state index contributed by atoms with van der Waals surface area (Å²) in [6.07, 6.45) is 0. The highest BCUT2D eigenvalue weighted by molar-refractivity contribution is 9.10. The summed E-state index contributed by atoms with van der Waals surface area (Å²) in [5.74, 6) is 0.352. The number of fused-ring (bicyclic) bond motifs is 1. The van der Waals surface area contributed by atoms with Crippen molar-refractivity contribution < 1.29 is 4.39 Å². The number of nitrogens with one attached hydrogen (secondary N) is 1. The first-order valence-corrected chi connectivity index (χ1v) is 7.31. The van der Waals surface area contributed by atoms with Gasteiger partial charge in [-0.3, -0.25) is 0 Å². The van der Waals surface area contributed by atoms with E-state index in [1.807, 2.05) is 12.1 Å². The van der Waals surface area contributed by atoms with Crippen LogP contribution in [0.1, 0.15) is 0 Å². The van der Waals surface area contributed by atoms with E-state index in [1.165, 1.54) is 6.07 Å². The standard InChI is InChI=1S/C13H6Br2ClFN2/c14-7-3-6(1-2-9(7)16)13-18-11-4-8(15)10(17)5-12(11)19-13/h1-5H,(H,18,19). The summed E-state index contributed by atoms with van der Waals surface area (Å²) in [4.78, 5) is 7.53. The molecule has 0 radical (unpaired) electrons. The van der Waals surface area contributed by atoms with Crippen LogP contribution in [0.3, 0.4) is 0 Å². The van der Waals surface area contributed by atoms with Gasteiger partial charge in [0.2, 0.25) is 0 Å². The molecule has 0 atom stereocenters. The van der Waals surface area contributed by atoms with Gasteiger partial charge in [0.1, 0.15) is 11.6 Å². The Morgan fingerprint density at radius 1 is 1.11 bits per heavy atom. The van der Waals surface area contributed by atoms with E-state index in [9.17, 15) is 4.39 Å². The van der Waals surface area contributed by atoms with Crippen LogP contribution >= 0.6 is 43.5 Å². The summed E-state index contributed by atoms with van der Waals surface area (Å²) in [6.45, 7) is 0. The number of aromatic amines is 1. The molecule has 0 aliphatic heterocycles. The molecule has 0 saturated carbocycles. The van der Waals surface area contributed by atoms with Crippen molar-refractivity contribution in [3.63, 3.8) is 0 Å². The van der Waals surface area contributed by atoms with Gasteiger partial charge in [-0.1, -0.05) is 11.6 Å². The van der Waals surface area contributed by atoms with E-state index in [-0.39, 0.29) is 5.82 Å². The van der Waals surface area contributed by atoms with Crippen molar-refractivity contribution in [2.75, 3.05) is 0 Å². The molecule has 1 N–H and O–H groups in total. The number of rotatable bonds is 1. The highest BCUT2D eigenvalue weighted by Crippen LogP contribution is 2.29. The predicted octanol–water partition coefficient (Wildman–Crippen LogP) is 5.55. The summed E-state index contributed by atoms with van der Waals surface area (Å²) in [5.41, 5.74) is 2.24. The molecule has 2 nitrogen and oxygen atoms in total. The first kappa shape index (κ1) is 13.1. The molecule has 0 fully saturated rings. The van der Waals surface area contributed by atoms with Gasteiger partial charge in [-0.25, -0.2) is 9.37 Å². The monoisotopic (exact) mass is 402 g/mol. The minimum Gasteiger partial charge on any atom is -0.338 e. The minimum absolute atomic E-state index is 0.319. The van der Waals surface area contributed by atoms with Gasteiger partial charge in [-0.15, -0.1) is 0 Å². The zero-order valence-electron chi connectivity index (χ0n) is 9.35. The number of H-pyrrole nitrogens is 1. The fourth-order valence-corrected chi connectivity index (χ4v) is 2.61. The molecule has 0 bridgehead atoms. The van der Waals surface area contributed by atoms with Gasteiger partial charge >= 0.3 is 0 Å². The Morgan fingerprint density at radius 2 is 1.89 bits per heavy atom. The highest BCUT2D eigenvalue weighted by Gasteiger charge is 2.09. The van der Waals surface area contributed by atoms with E-state index in [4.69, 9.17) is 11.6 Å². The van der Waals surface area contributed by atoms with Crippen molar-refractivity contribution in [3.05, 3.63) is 50.1 Å². The fraction of sp³-hybridized carbons (Fsp3) is 0. The molecule has 96 valence electrons. The predicted molar refractivity (Wildman–Crippen MR) is 81.9 cm³/mol. The van der Waals surface area contributed by atoms with E-state index in [2.05, 4.69) is 41.8 Å². The second-order valence-electron chi connectivity index (χ2n) is 4.00. The maximum atomic E-state index is 13.5. The van der Waals surface area contributed by atoms with Gasteiger partial charge in [0.15, 0.2) is 0 Å². The number of aromatic nitrogens is 2. The molecule has 19 heavy (non-hydrogen) atoms. The molecule has 0 saturated heterocycles. The van der Waals surface area contributed by atoms with Crippen molar-refractivity contribution in [3.8, 4) is 11.4 Å². The van der Waals surface area contributed by atoms with Crippen molar-refractivity contribution >= 4 is 54.5 Å². The lowest BCUT2D eigenvalue weighted by molar-refractivity contribution is 0.623. The second kappa shape index (κ2) is 4.89. The molecule has 6 heteroatoms. The zero-order valence-corrected chi connectivity index (χ0v) is 13.3. The molecule has 1 aromatic heterocycles. The number of imidazole rings is 1. The summed E-state index contributed by atoms with van der Waals surface area (Å²) in [7, 11) is 0. The highest BCUT2D eigenvalue weighted by atomic mass is 79.9. The lowest BCUT2D eigenvalue weighted by Crippen LogP contribution is -1.80. The van der Waals surface area contributed by atoms with Crippen molar-refractivity contribution in [1.29, 1.82) is 0 Å². The van der Waals surface area contributed by atoms with E-state index in [0.717, 1.165) is 10.0 Å². The number of halogens is 4. The minimum atomic E-state index is -0.319. The number of nitrogens with zero attached hydrogens (tertiary/aromatic N) is 1. The molecule has 1 heterocycles. The molecule has 3 rings (SSSR count). The Kier molecular flexibility index (Phi) is 3.37. The molecule has 0 unspecified atom stereocenters. The fourth-order valence-electron chi connectivity index (χ4n) is 1.79. The van der Waals surface area contributed by atoms with Gasteiger partial charge in [-0.05, 0) is 56.1 Å². The maximum Gasteiger partial charge on any atom is 0.139 e. The van der Waals surface area contributed by atoms with Crippen LogP contribution < -0.4 is 0 Å². The SMILES string of the molecule is Fc1cc2[nH]c(-c3ccc(Cl)c(Br)c3)nc2cc1Br. The van der Waals surface area contributed by atoms with Gasteiger partial charge in [-0.2, -0.15) is 0 Å². The summed E-state index contributed by atoms with van der Waals surface area (Å²) >= 11 is 12.5. The summed E-state index contributed by atoms with van der Waals surface area (Å²) < 4.78 is 14.6. The van der Waals surface area contributed by atoms with Crippen LogP contribution in [0.2, 0.25) is 5.02 Å². The van der Waals surface area contributed by atoms with E-state index >= 15 is 0 Å². The molecular formula is C13H6Br2ClFN2. The first-order valence-electron chi connectivity index (χ1n) is 5.35. The van der Waals surface area contributed by atoms with Crippen LogP contribution in [0.5, 0.6) is 0 Å². The summed E-state index contributed by atoms with van der Waals surface area (Å²) in [5, 5.41) is 0.633. The number of benzene rings is 2. The van der Waals surface area contributed by atoms with Crippen LogP contribution in [0.4, 0.5) is 4.39 Å². The van der Waals surface area contributed by atoms with Crippen LogP contribution in [0, 0.1) is 5.82 Å². The topological polar surface area (TPSA) is 28.7 Å².